The van der Waals surface area contributed by atoms with E-state index in [-0.39, 0.29) is 18.1 Å². The van der Waals surface area contributed by atoms with Gasteiger partial charge in [-0.1, -0.05) is 0 Å². The van der Waals surface area contributed by atoms with Gasteiger partial charge in [0.2, 0.25) is 0 Å². The zero-order valence-electron chi connectivity index (χ0n) is 9.24. The van der Waals surface area contributed by atoms with Gasteiger partial charge >= 0.3 is 12.1 Å². The van der Waals surface area contributed by atoms with Gasteiger partial charge in [-0.05, 0) is 33.6 Å². The van der Waals surface area contributed by atoms with E-state index >= 15 is 0 Å². The Morgan fingerprint density at radius 3 is 2.53 bits per heavy atom. The summed E-state index contributed by atoms with van der Waals surface area (Å²) in [6, 6.07) is -0.172. The molecule has 0 aromatic rings. The highest BCUT2D eigenvalue weighted by molar-refractivity contribution is 5.94. The summed E-state index contributed by atoms with van der Waals surface area (Å²) in [6.45, 7) is 5.37. The molecule has 84 valence electrons. The van der Waals surface area contributed by atoms with Crippen LogP contribution in [0.1, 0.15) is 33.6 Å². The summed E-state index contributed by atoms with van der Waals surface area (Å²) in [5.41, 5.74) is -0.556. The maximum Gasteiger partial charge on any atom is 0.418 e. The molecule has 5 nitrogen and oxygen atoms in total. The van der Waals surface area contributed by atoms with Crippen LogP contribution in [0, 0.1) is 0 Å². The van der Waals surface area contributed by atoms with E-state index < -0.39 is 11.7 Å². The van der Waals surface area contributed by atoms with Crippen LogP contribution in [0.3, 0.4) is 0 Å². The van der Waals surface area contributed by atoms with Crippen molar-refractivity contribution in [2.45, 2.75) is 51.3 Å². The van der Waals surface area contributed by atoms with Gasteiger partial charge in [-0.2, -0.15) is 0 Å². The summed E-state index contributed by atoms with van der Waals surface area (Å²) in [6.07, 6.45) is 1.30. The molecule has 2 atom stereocenters. The van der Waals surface area contributed by atoms with Crippen LogP contribution < -0.4 is 5.32 Å². The summed E-state index contributed by atoms with van der Waals surface area (Å²) in [4.78, 5) is 24.4. The van der Waals surface area contributed by atoms with Crippen LogP contribution in [-0.4, -0.2) is 34.7 Å². The fraction of sp³-hybridized carbons (Fsp3) is 0.800. The van der Waals surface area contributed by atoms with Gasteiger partial charge in [0.15, 0.2) is 0 Å². The van der Waals surface area contributed by atoms with Crippen molar-refractivity contribution in [1.29, 1.82) is 0 Å². The molecule has 0 unspecified atom stereocenters. The highest BCUT2D eigenvalue weighted by Gasteiger charge is 2.49. The largest absolute Gasteiger partial charge is 0.443 e. The number of rotatable bonds is 0. The Labute approximate surface area is 88.8 Å². The predicted molar refractivity (Wildman–Crippen MR) is 53.4 cm³/mol. The van der Waals surface area contributed by atoms with Crippen LogP contribution >= 0.6 is 0 Å². The van der Waals surface area contributed by atoms with Gasteiger partial charge in [-0.25, -0.2) is 14.5 Å². The Kier molecular flexibility index (Phi) is 2.13. The lowest BCUT2D eigenvalue weighted by Gasteiger charge is -2.33. The number of nitrogens with zero attached hydrogens (tertiary/aromatic N) is 1. The molecule has 2 rings (SSSR count). The van der Waals surface area contributed by atoms with Crippen molar-refractivity contribution in [3.8, 4) is 0 Å². The molecule has 0 spiro atoms. The van der Waals surface area contributed by atoms with E-state index in [2.05, 4.69) is 5.32 Å². The van der Waals surface area contributed by atoms with E-state index in [1.54, 1.807) is 20.8 Å². The topological polar surface area (TPSA) is 58.6 Å². The first-order chi connectivity index (χ1) is 6.88. The van der Waals surface area contributed by atoms with Crippen molar-refractivity contribution in [3.63, 3.8) is 0 Å². The number of fused-ring (bicyclic) bond motifs is 1. The van der Waals surface area contributed by atoms with Gasteiger partial charge in [0, 0.05) is 0 Å². The third-order valence-corrected chi connectivity index (χ3v) is 2.69. The Morgan fingerprint density at radius 1 is 1.47 bits per heavy atom. The number of imide groups is 1. The molecule has 1 saturated carbocycles. The molecule has 2 fully saturated rings. The average Bonchev–Trinajstić information content (AvgIpc) is 2.23. The van der Waals surface area contributed by atoms with Crippen LogP contribution in [0.25, 0.3) is 0 Å². The Bertz CT molecular complexity index is 308. The van der Waals surface area contributed by atoms with Crippen molar-refractivity contribution in [3.05, 3.63) is 0 Å². The molecule has 1 aliphatic carbocycles. The summed E-state index contributed by atoms with van der Waals surface area (Å²) >= 11 is 0. The van der Waals surface area contributed by atoms with Crippen molar-refractivity contribution in [2.75, 3.05) is 0 Å². The van der Waals surface area contributed by atoms with Gasteiger partial charge in [0.25, 0.3) is 0 Å². The number of amides is 3. The molecular weight excluding hydrogens is 196 g/mol. The maximum absolute atomic E-state index is 11.7. The second kappa shape index (κ2) is 3.12. The first-order valence-corrected chi connectivity index (χ1v) is 5.21. The standard InChI is InChI=1S/C10H16N2O3/c1-10(2,3)15-9(14)12-7-5-4-6(7)11-8(12)13/h6-7H,4-5H2,1-3H3,(H,11,13)/t6-,7+/m0/s1. The lowest BCUT2D eigenvalue weighted by atomic mass is 9.87. The van der Waals surface area contributed by atoms with Crippen molar-refractivity contribution >= 4 is 12.1 Å². The number of hydrogen-bond donors (Lipinski definition) is 1. The molecule has 3 amide bonds. The van der Waals surface area contributed by atoms with E-state index in [0.717, 1.165) is 12.8 Å². The fourth-order valence-electron chi connectivity index (χ4n) is 1.87. The van der Waals surface area contributed by atoms with Crippen LogP contribution in [0.2, 0.25) is 0 Å². The van der Waals surface area contributed by atoms with Gasteiger partial charge in [0.1, 0.15) is 5.60 Å². The molecule has 15 heavy (non-hydrogen) atoms. The number of carbonyl (C=O) groups is 2. The highest BCUT2D eigenvalue weighted by atomic mass is 16.6. The fourth-order valence-corrected chi connectivity index (χ4v) is 1.87. The van der Waals surface area contributed by atoms with Crippen molar-refractivity contribution < 1.29 is 14.3 Å². The summed E-state index contributed by atoms with van der Waals surface area (Å²) < 4.78 is 5.17. The number of urea groups is 1. The molecule has 2 aliphatic rings. The first kappa shape index (κ1) is 10.3. The summed E-state index contributed by atoms with van der Waals surface area (Å²) in [5, 5.41) is 2.76. The van der Waals surface area contributed by atoms with E-state index in [0.29, 0.717) is 0 Å². The van der Waals surface area contributed by atoms with Crippen LogP contribution in [0.4, 0.5) is 9.59 Å². The molecule has 1 saturated heterocycles. The molecule has 1 aliphatic heterocycles. The third-order valence-electron chi connectivity index (χ3n) is 2.69. The number of ether oxygens (including phenoxy) is 1. The van der Waals surface area contributed by atoms with E-state index in [4.69, 9.17) is 4.74 Å². The molecule has 1 N–H and O–H groups in total. The Balaban J connectivity index is 2.04. The lowest BCUT2D eigenvalue weighted by Crippen LogP contribution is -2.48. The highest BCUT2D eigenvalue weighted by Crippen LogP contribution is 2.31. The summed E-state index contributed by atoms with van der Waals surface area (Å²) in [7, 11) is 0. The lowest BCUT2D eigenvalue weighted by molar-refractivity contribution is 0.0239. The Hall–Kier alpha value is -1.26. The van der Waals surface area contributed by atoms with Gasteiger partial charge in [-0.15, -0.1) is 0 Å². The predicted octanol–water partition coefficient (Wildman–Crippen LogP) is 1.48. The molecule has 0 bridgehead atoms. The first-order valence-electron chi connectivity index (χ1n) is 5.21. The monoisotopic (exact) mass is 212 g/mol. The number of hydrogen-bond acceptors (Lipinski definition) is 3. The van der Waals surface area contributed by atoms with E-state index in [1.807, 2.05) is 0 Å². The minimum absolute atomic E-state index is 0.00681. The number of nitrogens with one attached hydrogen (secondary N) is 1. The SMILES string of the molecule is CC(C)(C)OC(=O)N1C(=O)N[C@H]2CC[C@H]21. The molecular formula is C10H16N2O3. The normalized spacial score (nSPS) is 29.3. The van der Waals surface area contributed by atoms with Gasteiger partial charge in [0.05, 0.1) is 12.1 Å². The Morgan fingerprint density at radius 2 is 2.13 bits per heavy atom. The van der Waals surface area contributed by atoms with Crippen molar-refractivity contribution in [1.82, 2.24) is 10.2 Å². The van der Waals surface area contributed by atoms with Crippen LogP contribution in [-0.2, 0) is 4.74 Å². The summed E-state index contributed by atoms with van der Waals surface area (Å²) in [5.74, 6) is 0. The average molecular weight is 212 g/mol. The molecule has 0 aromatic carbocycles. The second-order valence-electron chi connectivity index (χ2n) is 5.05. The molecule has 0 radical (unpaired) electrons. The molecule has 0 aromatic heterocycles. The zero-order valence-corrected chi connectivity index (χ0v) is 9.24. The van der Waals surface area contributed by atoms with Gasteiger partial charge < -0.3 is 10.1 Å². The van der Waals surface area contributed by atoms with E-state index in [9.17, 15) is 9.59 Å². The van der Waals surface area contributed by atoms with Gasteiger partial charge in [-0.3, -0.25) is 0 Å². The van der Waals surface area contributed by atoms with Crippen LogP contribution in [0.15, 0.2) is 0 Å². The minimum atomic E-state index is -0.556. The molecule has 5 heteroatoms. The molecule has 1 heterocycles. The van der Waals surface area contributed by atoms with Crippen LogP contribution in [0.5, 0.6) is 0 Å². The minimum Gasteiger partial charge on any atom is -0.443 e. The van der Waals surface area contributed by atoms with E-state index in [1.165, 1.54) is 4.90 Å². The second-order valence-corrected chi connectivity index (χ2v) is 5.05. The number of carbonyl (C=O) groups excluding carboxylic acids is 2. The smallest absolute Gasteiger partial charge is 0.418 e. The third kappa shape index (κ3) is 1.78. The zero-order chi connectivity index (χ0) is 11.2. The maximum atomic E-state index is 11.7. The quantitative estimate of drug-likeness (QED) is 0.661. The van der Waals surface area contributed by atoms with Crippen molar-refractivity contribution in [2.24, 2.45) is 0 Å².